The number of nitrogens with zero attached hydrogens (tertiary/aromatic N) is 2. The van der Waals surface area contributed by atoms with E-state index in [4.69, 9.17) is 0 Å². The smallest absolute Gasteiger partial charge is 0.252 e. The lowest BCUT2D eigenvalue weighted by molar-refractivity contribution is 0.866. The molecule has 0 saturated heterocycles. The summed E-state index contributed by atoms with van der Waals surface area (Å²) < 4.78 is 0. The van der Waals surface area contributed by atoms with Gasteiger partial charge in [-0.15, -0.1) is 0 Å². The van der Waals surface area contributed by atoms with E-state index in [1.165, 1.54) is 99.1 Å². The summed E-state index contributed by atoms with van der Waals surface area (Å²) in [6.07, 6.45) is 0. The van der Waals surface area contributed by atoms with E-state index in [1.807, 2.05) is 0 Å². The van der Waals surface area contributed by atoms with Crippen LogP contribution in [-0.4, -0.2) is 14.8 Å². The maximum absolute atomic E-state index is 2.84. The van der Waals surface area contributed by atoms with Gasteiger partial charge in [-0.05, 0) is 121 Å². The van der Waals surface area contributed by atoms with Crippen molar-refractivity contribution >= 4 is 86.0 Å². The Morgan fingerprint density at radius 1 is 0.385 bits per heavy atom. The minimum Gasteiger partial charge on any atom is -0.311 e. The molecule has 0 spiro atoms. The number of aryl methyl sites for hydroxylation is 1. The molecule has 0 aromatic heterocycles. The summed E-state index contributed by atoms with van der Waals surface area (Å²) in [5.74, 6) is 0.858. The van der Waals surface area contributed by atoms with E-state index in [1.54, 1.807) is 0 Å². The molecule has 2 nitrogen and oxygen atoms in total. The average Bonchev–Trinajstić information content (AvgIpc) is 3.35. The van der Waals surface area contributed by atoms with Crippen LogP contribution < -0.4 is 46.9 Å². The highest BCUT2D eigenvalue weighted by molar-refractivity contribution is 7.20. The maximum Gasteiger partial charge on any atom is 0.252 e. The molecule has 2 heterocycles. The predicted octanol–water partition coefficient (Wildman–Crippen LogP) is 11.4. The van der Waals surface area contributed by atoms with Crippen LogP contribution in [-0.2, 0) is 0 Å². The van der Waals surface area contributed by atoms with Gasteiger partial charge in [0, 0.05) is 34.0 Å². The number of benzene rings is 9. The summed E-state index contributed by atoms with van der Waals surface area (Å²) in [6.45, 7) is 11.5. The van der Waals surface area contributed by atoms with Crippen LogP contribution in [0, 0.1) is 6.92 Å². The van der Waals surface area contributed by atoms with Crippen LogP contribution in [0.5, 0.6) is 0 Å². The molecule has 0 atom stereocenters. The zero-order chi connectivity index (χ0) is 44.2. The molecule has 11 rings (SSSR count). The number of rotatable bonds is 9. The quantitative estimate of drug-likeness (QED) is 0.105. The molecule has 0 saturated carbocycles. The van der Waals surface area contributed by atoms with Gasteiger partial charge in [0.15, 0.2) is 8.07 Å². The van der Waals surface area contributed by atoms with Crippen LogP contribution in [0.4, 0.5) is 34.1 Å². The highest BCUT2D eigenvalue weighted by Gasteiger charge is 2.45. The lowest BCUT2D eigenvalue weighted by Crippen LogP contribution is -2.74. The van der Waals surface area contributed by atoms with Crippen LogP contribution in [0.3, 0.4) is 0 Å². The van der Waals surface area contributed by atoms with Crippen LogP contribution >= 0.6 is 0 Å². The molecule has 65 heavy (non-hydrogen) atoms. The van der Waals surface area contributed by atoms with Gasteiger partial charge in [-0.25, -0.2) is 0 Å². The Morgan fingerprint density at radius 3 is 1.46 bits per heavy atom. The third kappa shape index (κ3) is 6.70. The molecule has 0 amide bonds. The number of para-hydroxylation sites is 1. The van der Waals surface area contributed by atoms with E-state index in [0.29, 0.717) is 11.8 Å². The SMILES string of the molecule is Cc1cc2c3c(c1)N(c1ccc([Si](c4ccccc4)(c4ccccc4)c4ccccc4)cc1-c1ccccc1)c1ccccc1B3c1cc(C(C)C)ccc1N2c1ccc(C(C)C)cc1. The van der Waals surface area contributed by atoms with E-state index in [2.05, 4.69) is 263 Å². The van der Waals surface area contributed by atoms with Crippen molar-refractivity contribution in [3.63, 3.8) is 0 Å². The molecule has 314 valence electrons. The number of fused-ring (bicyclic) bond motifs is 4. The largest absolute Gasteiger partial charge is 0.311 e. The monoisotopic (exact) mass is 852 g/mol. The molecule has 0 radical (unpaired) electrons. The van der Waals surface area contributed by atoms with Gasteiger partial charge in [-0.1, -0.05) is 204 Å². The second-order valence-corrected chi connectivity index (χ2v) is 22.4. The molecule has 0 bridgehead atoms. The second-order valence-electron chi connectivity index (χ2n) is 18.5. The molecule has 9 aromatic carbocycles. The number of hydrogen-bond acceptors (Lipinski definition) is 2. The first-order valence-electron chi connectivity index (χ1n) is 23.3. The van der Waals surface area contributed by atoms with Gasteiger partial charge in [0.1, 0.15) is 0 Å². The van der Waals surface area contributed by atoms with Crippen molar-refractivity contribution < 1.29 is 0 Å². The number of hydrogen-bond donors (Lipinski definition) is 0. The lowest BCUT2D eigenvalue weighted by Gasteiger charge is -2.45. The first-order chi connectivity index (χ1) is 31.8. The summed E-state index contributed by atoms with van der Waals surface area (Å²) in [6, 6.07) is 82.9. The van der Waals surface area contributed by atoms with Crippen molar-refractivity contribution in [2.45, 2.75) is 46.5 Å². The molecule has 0 N–H and O–H groups in total. The van der Waals surface area contributed by atoms with Gasteiger partial charge >= 0.3 is 0 Å². The summed E-state index contributed by atoms with van der Waals surface area (Å²) in [5.41, 5.74) is 17.7. The minimum absolute atomic E-state index is 0.0571. The van der Waals surface area contributed by atoms with E-state index in [-0.39, 0.29) is 6.71 Å². The van der Waals surface area contributed by atoms with Crippen molar-refractivity contribution in [1.82, 2.24) is 0 Å². The van der Waals surface area contributed by atoms with E-state index < -0.39 is 8.07 Å². The van der Waals surface area contributed by atoms with E-state index in [9.17, 15) is 0 Å². The Kier molecular flexibility index (Phi) is 10.3. The van der Waals surface area contributed by atoms with Gasteiger partial charge in [0.05, 0.1) is 5.69 Å². The molecular formula is C61H53BN2Si. The molecular weight excluding hydrogens is 800 g/mol. The molecule has 9 aromatic rings. The summed E-state index contributed by atoms with van der Waals surface area (Å²) >= 11 is 0. The third-order valence-corrected chi connectivity index (χ3v) is 18.8. The topological polar surface area (TPSA) is 6.48 Å². The molecule has 2 aliphatic heterocycles. The Balaban J connectivity index is 1.21. The lowest BCUT2D eigenvalue weighted by atomic mass is 9.33. The first-order valence-corrected chi connectivity index (χ1v) is 25.3. The van der Waals surface area contributed by atoms with Crippen molar-refractivity contribution in [1.29, 1.82) is 0 Å². The zero-order valence-electron chi connectivity index (χ0n) is 37.9. The summed E-state index contributed by atoms with van der Waals surface area (Å²) in [5, 5.41) is 5.45. The molecule has 0 unspecified atom stereocenters. The third-order valence-electron chi connectivity index (χ3n) is 14.0. The van der Waals surface area contributed by atoms with Crippen molar-refractivity contribution in [2.24, 2.45) is 0 Å². The van der Waals surface area contributed by atoms with E-state index >= 15 is 0 Å². The highest BCUT2D eigenvalue weighted by atomic mass is 28.3. The summed E-state index contributed by atoms with van der Waals surface area (Å²) in [4.78, 5) is 5.14. The van der Waals surface area contributed by atoms with Crippen LogP contribution in [0.1, 0.15) is 56.2 Å². The zero-order valence-corrected chi connectivity index (χ0v) is 38.9. The van der Waals surface area contributed by atoms with E-state index in [0.717, 1.165) is 0 Å². The van der Waals surface area contributed by atoms with Gasteiger partial charge in [0.2, 0.25) is 0 Å². The van der Waals surface area contributed by atoms with Crippen LogP contribution in [0.15, 0.2) is 218 Å². The fraction of sp³-hybridized carbons (Fsp3) is 0.115. The highest BCUT2D eigenvalue weighted by Crippen LogP contribution is 2.47. The Hall–Kier alpha value is -7.14. The fourth-order valence-electron chi connectivity index (χ4n) is 10.9. The van der Waals surface area contributed by atoms with Gasteiger partial charge in [-0.2, -0.15) is 0 Å². The molecule has 2 aliphatic rings. The van der Waals surface area contributed by atoms with Gasteiger partial charge in [-0.3, -0.25) is 0 Å². The molecule has 0 fully saturated rings. The number of anilines is 6. The Bertz CT molecular complexity index is 3070. The average molecular weight is 853 g/mol. The predicted molar refractivity (Wildman–Crippen MR) is 282 cm³/mol. The van der Waals surface area contributed by atoms with Crippen molar-refractivity contribution in [2.75, 3.05) is 9.80 Å². The minimum atomic E-state index is -2.84. The molecule has 0 aliphatic carbocycles. The van der Waals surface area contributed by atoms with Crippen LogP contribution in [0.25, 0.3) is 11.1 Å². The fourth-order valence-corrected chi connectivity index (χ4v) is 15.7. The van der Waals surface area contributed by atoms with Crippen molar-refractivity contribution in [3.8, 4) is 11.1 Å². The Labute approximate surface area is 386 Å². The Morgan fingerprint density at radius 2 is 0.877 bits per heavy atom. The van der Waals surface area contributed by atoms with Gasteiger partial charge in [0.25, 0.3) is 6.71 Å². The second kappa shape index (κ2) is 16.4. The maximum atomic E-state index is 2.60. The van der Waals surface area contributed by atoms with Crippen LogP contribution in [0.2, 0.25) is 0 Å². The summed E-state index contributed by atoms with van der Waals surface area (Å²) in [7, 11) is -2.84. The normalized spacial score (nSPS) is 12.9. The molecule has 4 heteroatoms. The van der Waals surface area contributed by atoms with Gasteiger partial charge < -0.3 is 9.80 Å². The van der Waals surface area contributed by atoms with Crippen molar-refractivity contribution in [3.05, 3.63) is 235 Å². The standard InChI is InChI=1S/C61H53BN2Si/c1-42(2)45-30-33-48(34-31-45)63-58-36-32-47(43(3)4)40-55(58)62-54-28-18-19-29-57(54)64(60-39-44(5)38-59(63)61(60)62)56-37-35-52(41-53(56)46-20-10-6-11-21-46)65(49-22-12-7-13-23-49,50-24-14-8-15-25-50)51-26-16-9-17-27-51/h6-43H,1-5H3. The first kappa shape index (κ1) is 40.6.